The van der Waals surface area contributed by atoms with Gasteiger partial charge in [0.15, 0.2) is 5.82 Å². The minimum atomic E-state index is -4.47. The van der Waals surface area contributed by atoms with Gasteiger partial charge in [0.05, 0.1) is 5.56 Å². The van der Waals surface area contributed by atoms with Crippen molar-refractivity contribution < 1.29 is 18.0 Å². The first-order valence-electron chi connectivity index (χ1n) is 13.3. The Morgan fingerprint density at radius 3 is 2.56 bits per heavy atom. The molecule has 5 rings (SSSR count). The summed E-state index contributed by atoms with van der Waals surface area (Å²) >= 11 is 0. The minimum absolute atomic E-state index is 0.0895. The Kier molecular flexibility index (Phi) is 7.62. The number of nitrogens with one attached hydrogen (secondary N) is 5. The molecule has 2 saturated carbocycles. The van der Waals surface area contributed by atoms with Gasteiger partial charge in [0.1, 0.15) is 5.82 Å². The summed E-state index contributed by atoms with van der Waals surface area (Å²) in [6.07, 6.45) is 5.05. The maximum absolute atomic E-state index is 12.9. The van der Waals surface area contributed by atoms with Crippen LogP contribution in [0.3, 0.4) is 0 Å². The molecule has 3 aromatic rings. The molecule has 0 bridgehead atoms. The highest BCUT2D eigenvalue weighted by Gasteiger charge is 2.33. The Bertz CT molecular complexity index is 1280. The van der Waals surface area contributed by atoms with E-state index in [1.54, 1.807) is 12.3 Å². The third-order valence-electron chi connectivity index (χ3n) is 7.59. The van der Waals surface area contributed by atoms with Crippen molar-refractivity contribution in [1.29, 1.82) is 0 Å². The zero-order chi connectivity index (χ0) is 27.5. The molecule has 2 heterocycles. The van der Waals surface area contributed by atoms with Crippen LogP contribution in [0.5, 0.6) is 0 Å². The molecule has 0 atom stereocenters. The number of carbonyl (C=O) groups excluding carboxylic acids is 1. The summed E-state index contributed by atoms with van der Waals surface area (Å²) in [6, 6.07) is 7.82. The van der Waals surface area contributed by atoms with E-state index in [4.69, 9.17) is 0 Å². The standard InChI is InChI=1S/C27H33F3N8O/c1-26(12-9-19(10-13-26)32-25(39)33-20-8-4-7-18(15-20)27(28,29)30)36-24-31-14-11-22(35-24)34-23-16-21(37-38-23)17-5-2-3-6-17/h4,7-8,11,14-17,19H,2-3,5-6,9-10,12-13H2,1H3,(H2,32,33,39)(H3,31,34,35,36,37,38). The summed E-state index contributed by atoms with van der Waals surface area (Å²) in [4.78, 5) is 21.4. The fourth-order valence-electron chi connectivity index (χ4n) is 5.39. The number of H-pyrrole nitrogens is 1. The van der Waals surface area contributed by atoms with Crippen LogP contribution in [-0.2, 0) is 6.18 Å². The Hall–Kier alpha value is -3.83. The molecular weight excluding hydrogens is 509 g/mol. The van der Waals surface area contributed by atoms with Gasteiger partial charge in [0, 0.05) is 41.1 Å². The number of carbonyl (C=O) groups is 1. The number of amides is 2. The molecule has 0 radical (unpaired) electrons. The SMILES string of the molecule is CC1(Nc2nccc(Nc3cc(C4CCCC4)[nH]n3)n2)CCC(NC(=O)Nc2cccc(C(F)(F)F)c2)CC1. The molecule has 9 nitrogen and oxygen atoms in total. The number of hydrogen-bond donors (Lipinski definition) is 5. The molecule has 0 unspecified atom stereocenters. The third-order valence-corrected chi connectivity index (χ3v) is 7.59. The van der Waals surface area contributed by atoms with Gasteiger partial charge in [-0.25, -0.2) is 9.78 Å². The van der Waals surface area contributed by atoms with E-state index in [2.05, 4.69) is 48.4 Å². The van der Waals surface area contributed by atoms with Crippen molar-refractivity contribution in [1.82, 2.24) is 25.5 Å². The quantitative estimate of drug-likeness (QED) is 0.231. The molecule has 2 aliphatic rings. The second-order valence-electron chi connectivity index (χ2n) is 10.7. The average molecular weight is 543 g/mol. The Balaban J connectivity index is 1.11. The predicted molar refractivity (Wildman–Crippen MR) is 143 cm³/mol. The largest absolute Gasteiger partial charge is 0.416 e. The van der Waals surface area contributed by atoms with E-state index in [-0.39, 0.29) is 17.3 Å². The van der Waals surface area contributed by atoms with Crippen molar-refractivity contribution >= 4 is 29.3 Å². The first kappa shape index (κ1) is 26.8. The van der Waals surface area contributed by atoms with E-state index in [0.29, 0.717) is 30.5 Å². The van der Waals surface area contributed by atoms with Gasteiger partial charge < -0.3 is 21.3 Å². The number of hydrogen-bond acceptors (Lipinski definition) is 6. The molecular formula is C27H33F3N8O. The summed E-state index contributed by atoms with van der Waals surface area (Å²) in [7, 11) is 0. The van der Waals surface area contributed by atoms with Crippen LogP contribution in [0.4, 0.5) is 41.2 Å². The van der Waals surface area contributed by atoms with Crippen molar-refractivity contribution in [3.8, 4) is 0 Å². The Labute approximate surface area is 224 Å². The molecule has 0 spiro atoms. The van der Waals surface area contributed by atoms with Crippen LogP contribution >= 0.6 is 0 Å². The van der Waals surface area contributed by atoms with Gasteiger partial charge in [-0.1, -0.05) is 18.9 Å². The van der Waals surface area contributed by atoms with E-state index in [1.165, 1.54) is 37.8 Å². The van der Waals surface area contributed by atoms with E-state index in [9.17, 15) is 18.0 Å². The lowest BCUT2D eigenvalue weighted by Gasteiger charge is -2.38. The molecule has 0 aliphatic heterocycles. The molecule has 2 amide bonds. The van der Waals surface area contributed by atoms with Crippen molar-refractivity contribution in [3.63, 3.8) is 0 Å². The summed E-state index contributed by atoms with van der Waals surface area (Å²) in [6.45, 7) is 2.09. The Morgan fingerprint density at radius 2 is 1.82 bits per heavy atom. The molecule has 0 saturated heterocycles. The van der Waals surface area contributed by atoms with Crippen molar-refractivity contribution in [3.05, 3.63) is 53.9 Å². The zero-order valence-corrected chi connectivity index (χ0v) is 21.7. The monoisotopic (exact) mass is 542 g/mol. The van der Waals surface area contributed by atoms with Gasteiger partial charge in [-0.15, -0.1) is 0 Å². The maximum Gasteiger partial charge on any atom is 0.416 e. The second kappa shape index (κ2) is 11.1. The van der Waals surface area contributed by atoms with Crippen LogP contribution < -0.4 is 21.3 Å². The van der Waals surface area contributed by atoms with Crippen LogP contribution in [0.15, 0.2) is 42.6 Å². The van der Waals surface area contributed by atoms with Gasteiger partial charge in [-0.3, -0.25) is 5.10 Å². The molecule has 1 aromatic carbocycles. The predicted octanol–water partition coefficient (Wildman–Crippen LogP) is 6.55. The number of aromatic amines is 1. The molecule has 2 fully saturated rings. The van der Waals surface area contributed by atoms with E-state index < -0.39 is 17.8 Å². The summed E-state index contributed by atoms with van der Waals surface area (Å²) < 4.78 is 38.8. The van der Waals surface area contributed by atoms with Crippen LogP contribution in [0.2, 0.25) is 0 Å². The second-order valence-corrected chi connectivity index (χ2v) is 10.7. The first-order valence-corrected chi connectivity index (χ1v) is 13.3. The number of aromatic nitrogens is 4. The number of nitrogens with zero attached hydrogens (tertiary/aromatic N) is 3. The van der Waals surface area contributed by atoms with E-state index in [1.807, 2.05) is 6.07 Å². The zero-order valence-electron chi connectivity index (χ0n) is 21.7. The number of alkyl halides is 3. The van der Waals surface area contributed by atoms with Crippen molar-refractivity contribution in [2.45, 2.75) is 82.0 Å². The molecule has 208 valence electrons. The van der Waals surface area contributed by atoms with Crippen LogP contribution in [0.1, 0.15) is 75.5 Å². The van der Waals surface area contributed by atoms with Gasteiger partial charge >= 0.3 is 12.2 Å². The molecule has 2 aromatic heterocycles. The van der Waals surface area contributed by atoms with Gasteiger partial charge in [0.25, 0.3) is 0 Å². The molecule has 39 heavy (non-hydrogen) atoms. The number of urea groups is 1. The lowest BCUT2D eigenvalue weighted by atomic mass is 9.81. The minimum Gasteiger partial charge on any atom is -0.349 e. The van der Waals surface area contributed by atoms with E-state index >= 15 is 0 Å². The molecule has 2 aliphatic carbocycles. The maximum atomic E-state index is 12.9. The molecule has 12 heteroatoms. The van der Waals surface area contributed by atoms with Gasteiger partial charge in [-0.2, -0.15) is 23.3 Å². The van der Waals surface area contributed by atoms with Crippen LogP contribution in [0, 0.1) is 0 Å². The number of benzene rings is 1. The summed E-state index contributed by atoms with van der Waals surface area (Å²) in [5.41, 5.74) is 0.180. The topological polar surface area (TPSA) is 120 Å². The fourth-order valence-corrected chi connectivity index (χ4v) is 5.39. The van der Waals surface area contributed by atoms with Crippen molar-refractivity contribution in [2.75, 3.05) is 16.0 Å². The number of halogens is 3. The normalized spacial score (nSPS) is 21.9. The lowest BCUT2D eigenvalue weighted by Crippen LogP contribution is -2.46. The molecule has 5 N–H and O–H groups in total. The number of anilines is 4. The highest BCUT2D eigenvalue weighted by atomic mass is 19.4. The number of rotatable bonds is 7. The van der Waals surface area contributed by atoms with Gasteiger partial charge in [0.2, 0.25) is 5.95 Å². The Morgan fingerprint density at radius 1 is 1.05 bits per heavy atom. The highest BCUT2D eigenvalue weighted by molar-refractivity contribution is 5.89. The van der Waals surface area contributed by atoms with Crippen LogP contribution in [-0.4, -0.2) is 37.8 Å². The highest BCUT2D eigenvalue weighted by Crippen LogP contribution is 2.35. The fraction of sp³-hybridized carbons (Fsp3) is 0.481. The van der Waals surface area contributed by atoms with Crippen LogP contribution in [0.25, 0.3) is 0 Å². The van der Waals surface area contributed by atoms with Gasteiger partial charge in [-0.05, 0) is 69.7 Å². The van der Waals surface area contributed by atoms with E-state index in [0.717, 1.165) is 36.5 Å². The third kappa shape index (κ3) is 6.98. The first-order chi connectivity index (χ1) is 18.6. The smallest absolute Gasteiger partial charge is 0.349 e. The van der Waals surface area contributed by atoms with Crippen molar-refractivity contribution in [2.24, 2.45) is 0 Å². The average Bonchev–Trinajstić information content (AvgIpc) is 3.58. The summed E-state index contributed by atoms with van der Waals surface area (Å²) in [5.74, 6) is 2.42. The lowest BCUT2D eigenvalue weighted by molar-refractivity contribution is -0.137. The summed E-state index contributed by atoms with van der Waals surface area (Å²) in [5, 5.41) is 19.6.